The summed E-state index contributed by atoms with van der Waals surface area (Å²) in [6.45, 7) is 3.14. The number of carboxylic acid groups (broad SMARTS) is 1. The first-order valence-corrected chi connectivity index (χ1v) is 8.24. The fourth-order valence-electron chi connectivity index (χ4n) is 4.00. The monoisotopic (exact) mass is 287 g/mol. The van der Waals surface area contributed by atoms with E-state index in [2.05, 4.69) is 36.1 Å². The summed E-state index contributed by atoms with van der Waals surface area (Å²) in [6, 6.07) is 11.5. The van der Waals surface area contributed by atoms with Crippen molar-refractivity contribution in [1.29, 1.82) is 0 Å². The van der Waals surface area contributed by atoms with Gasteiger partial charge in [-0.25, -0.2) is 0 Å². The lowest BCUT2D eigenvalue weighted by molar-refractivity contribution is -0.146. The van der Waals surface area contributed by atoms with Crippen LogP contribution < -0.4 is 0 Å². The quantitative estimate of drug-likeness (QED) is 0.901. The van der Waals surface area contributed by atoms with E-state index in [1.165, 1.54) is 18.4 Å². The molecule has 0 aliphatic heterocycles. The van der Waals surface area contributed by atoms with Crippen LogP contribution in [0.15, 0.2) is 30.3 Å². The summed E-state index contributed by atoms with van der Waals surface area (Å²) in [5, 5.41) is 9.59. The van der Waals surface area contributed by atoms with Crippen molar-refractivity contribution in [3.05, 3.63) is 35.9 Å². The lowest BCUT2D eigenvalue weighted by atomic mass is 9.74. The molecule has 0 saturated heterocycles. The van der Waals surface area contributed by atoms with Gasteiger partial charge in [-0.1, -0.05) is 37.3 Å². The van der Waals surface area contributed by atoms with E-state index in [0.717, 1.165) is 25.8 Å². The van der Waals surface area contributed by atoms with Crippen molar-refractivity contribution >= 4 is 5.97 Å². The van der Waals surface area contributed by atoms with Gasteiger partial charge in [-0.15, -0.1) is 0 Å². The minimum absolute atomic E-state index is 0.189. The van der Waals surface area contributed by atoms with Gasteiger partial charge in [-0.05, 0) is 50.1 Å². The molecule has 114 valence electrons. The molecule has 1 aromatic rings. The van der Waals surface area contributed by atoms with Gasteiger partial charge in [0.15, 0.2) is 0 Å². The van der Waals surface area contributed by atoms with Gasteiger partial charge in [-0.2, -0.15) is 0 Å². The average molecular weight is 287 g/mol. The number of nitrogens with zero attached hydrogens (tertiary/aromatic N) is 1. The predicted molar refractivity (Wildman–Crippen MR) is 83.3 cm³/mol. The van der Waals surface area contributed by atoms with Gasteiger partial charge in [0.1, 0.15) is 0 Å². The van der Waals surface area contributed by atoms with Gasteiger partial charge >= 0.3 is 5.97 Å². The molecule has 1 aromatic carbocycles. The molecule has 21 heavy (non-hydrogen) atoms. The molecule has 0 bridgehead atoms. The maximum Gasteiger partial charge on any atom is 0.308 e. The van der Waals surface area contributed by atoms with Crippen molar-refractivity contribution in [3.63, 3.8) is 0 Å². The second-order valence-corrected chi connectivity index (χ2v) is 6.49. The Morgan fingerprint density at radius 1 is 1.19 bits per heavy atom. The molecular formula is C18H25NO2. The molecule has 3 atom stereocenters. The standard InChI is InChI=1S/C18H25NO2/c1-2-19(15-9-10-15)17-12-14(8-11-16(17)18(20)21)13-6-4-3-5-7-13/h3-7,14-17H,2,8-12H2,1H3,(H,20,21). The number of carbonyl (C=O) groups is 1. The molecular weight excluding hydrogens is 262 g/mol. The topological polar surface area (TPSA) is 40.5 Å². The van der Waals surface area contributed by atoms with Crippen molar-refractivity contribution in [3.8, 4) is 0 Å². The first-order valence-electron chi connectivity index (χ1n) is 8.24. The van der Waals surface area contributed by atoms with Crippen LogP contribution in [0.4, 0.5) is 0 Å². The van der Waals surface area contributed by atoms with Gasteiger partial charge in [0.05, 0.1) is 5.92 Å². The zero-order chi connectivity index (χ0) is 14.8. The van der Waals surface area contributed by atoms with Crippen LogP contribution in [-0.4, -0.2) is 34.6 Å². The molecule has 2 aliphatic carbocycles. The summed E-state index contributed by atoms with van der Waals surface area (Å²) in [7, 11) is 0. The maximum atomic E-state index is 11.6. The van der Waals surface area contributed by atoms with Crippen LogP contribution >= 0.6 is 0 Å². The molecule has 3 nitrogen and oxygen atoms in total. The van der Waals surface area contributed by atoms with Crippen molar-refractivity contribution in [1.82, 2.24) is 4.90 Å². The highest BCUT2D eigenvalue weighted by molar-refractivity contribution is 5.71. The highest BCUT2D eigenvalue weighted by atomic mass is 16.4. The Hall–Kier alpha value is -1.35. The van der Waals surface area contributed by atoms with E-state index in [-0.39, 0.29) is 12.0 Å². The molecule has 1 N–H and O–H groups in total. The van der Waals surface area contributed by atoms with Crippen LogP contribution in [-0.2, 0) is 4.79 Å². The minimum Gasteiger partial charge on any atom is -0.481 e. The normalized spacial score (nSPS) is 29.5. The second kappa shape index (κ2) is 6.18. The number of hydrogen-bond donors (Lipinski definition) is 1. The third-order valence-electron chi connectivity index (χ3n) is 5.21. The van der Waals surface area contributed by atoms with E-state index in [0.29, 0.717) is 12.0 Å². The lowest BCUT2D eigenvalue weighted by Gasteiger charge is -2.41. The summed E-state index contributed by atoms with van der Waals surface area (Å²) in [5.74, 6) is -0.282. The van der Waals surface area contributed by atoms with E-state index in [1.807, 2.05) is 6.07 Å². The second-order valence-electron chi connectivity index (χ2n) is 6.49. The van der Waals surface area contributed by atoms with Crippen LogP contribution in [0.1, 0.15) is 50.5 Å². The molecule has 0 radical (unpaired) electrons. The highest BCUT2D eigenvalue weighted by Crippen LogP contribution is 2.41. The maximum absolute atomic E-state index is 11.6. The van der Waals surface area contributed by atoms with E-state index in [4.69, 9.17) is 0 Å². The van der Waals surface area contributed by atoms with E-state index < -0.39 is 5.97 Å². The molecule has 3 rings (SSSR count). The van der Waals surface area contributed by atoms with Gasteiger partial charge in [-0.3, -0.25) is 9.69 Å². The van der Waals surface area contributed by atoms with E-state index in [9.17, 15) is 9.90 Å². The van der Waals surface area contributed by atoms with E-state index >= 15 is 0 Å². The fraction of sp³-hybridized carbons (Fsp3) is 0.611. The summed E-state index contributed by atoms with van der Waals surface area (Å²) in [4.78, 5) is 14.1. The van der Waals surface area contributed by atoms with Crippen molar-refractivity contribution < 1.29 is 9.90 Å². The van der Waals surface area contributed by atoms with Crippen LogP contribution in [0, 0.1) is 5.92 Å². The van der Waals surface area contributed by atoms with Gasteiger partial charge in [0.2, 0.25) is 0 Å². The van der Waals surface area contributed by atoms with Crippen molar-refractivity contribution in [2.45, 2.75) is 57.0 Å². The number of hydrogen-bond acceptors (Lipinski definition) is 2. The predicted octanol–water partition coefficient (Wildman–Crippen LogP) is 3.51. The summed E-state index contributed by atoms with van der Waals surface area (Å²) in [5.41, 5.74) is 1.37. The Kier molecular flexibility index (Phi) is 4.29. The Morgan fingerprint density at radius 2 is 1.90 bits per heavy atom. The first kappa shape index (κ1) is 14.6. The Labute approximate surface area is 127 Å². The number of aliphatic carboxylic acids is 1. The zero-order valence-corrected chi connectivity index (χ0v) is 12.7. The van der Waals surface area contributed by atoms with Crippen LogP contribution in [0.25, 0.3) is 0 Å². The van der Waals surface area contributed by atoms with Gasteiger partial charge in [0, 0.05) is 12.1 Å². The molecule has 2 aliphatic rings. The van der Waals surface area contributed by atoms with E-state index in [1.54, 1.807) is 0 Å². The minimum atomic E-state index is -0.606. The third-order valence-corrected chi connectivity index (χ3v) is 5.21. The SMILES string of the molecule is CCN(C1CC1)C1CC(c2ccccc2)CCC1C(=O)O. The van der Waals surface area contributed by atoms with Crippen LogP contribution in [0.2, 0.25) is 0 Å². The molecule has 0 spiro atoms. The summed E-state index contributed by atoms with van der Waals surface area (Å²) < 4.78 is 0. The van der Waals surface area contributed by atoms with Crippen molar-refractivity contribution in [2.75, 3.05) is 6.54 Å². The molecule has 0 heterocycles. The molecule has 3 unspecified atom stereocenters. The number of carboxylic acids is 1. The average Bonchev–Trinajstić information content (AvgIpc) is 3.33. The van der Waals surface area contributed by atoms with Crippen LogP contribution in [0.3, 0.4) is 0 Å². The lowest BCUT2D eigenvalue weighted by Crippen LogP contribution is -2.47. The third kappa shape index (κ3) is 3.13. The largest absolute Gasteiger partial charge is 0.481 e. The smallest absolute Gasteiger partial charge is 0.308 e. The highest BCUT2D eigenvalue weighted by Gasteiger charge is 2.42. The molecule has 2 saturated carbocycles. The summed E-state index contributed by atoms with van der Waals surface area (Å²) >= 11 is 0. The van der Waals surface area contributed by atoms with Gasteiger partial charge in [0.25, 0.3) is 0 Å². The molecule has 3 heteroatoms. The van der Waals surface area contributed by atoms with Crippen LogP contribution in [0.5, 0.6) is 0 Å². The number of rotatable bonds is 5. The summed E-state index contributed by atoms with van der Waals surface area (Å²) in [6.07, 6.45) is 5.28. The van der Waals surface area contributed by atoms with Crippen molar-refractivity contribution in [2.24, 2.45) is 5.92 Å². The molecule has 2 fully saturated rings. The Morgan fingerprint density at radius 3 is 2.48 bits per heavy atom. The Balaban J connectivity index is 1.79. The molecule has 0 amide bonds. The Bertz CT molecular complexity index is 483. The van der Waals surface area contributed by atoms with Gasteiger partial charge < -0.3 is 5.11 Å². The number of benzene rings is 1. The molecule has 0 aromatic heterocycles. The fourth-order valence-corrected chi connectivity index (χ4v) is 4.00. The zero-order valence-electron chi connectivity index (χ0n) is 12.7. The first-order chi connectivity index (χ1) is 10.2.